The minimum absolute atomic E-state index is 0.0162. The van der Waals surface area contributed by atoms with Crippen LogP contribution in [0.3, 0.4) is 0 Å². The van der Waals surface area contributed by atoms with Crippen molar-refractivity contribution < 1.29 is 9.53 Å². The van der Waals surface area contributed by atoms with Gasteiger partial charge in [-0.2, -0.15) is 0 Å². The summed E-state index contributed by atoms with van der Waals surface area (Å²) in [5.74, 6) is 1.75. The summed E-state index contributed by atoms with van der Waals surface area (Å²) in [6.45, 7) is 2.69. The highest BCUT2D eigenvalue weighted by Crippen LogP contribution is 2.26. The van der Waals surface area contributed by atoms with Gasteiger partial charge in [0.1, 0.15) is 11.6 Å². The standard InChI is InChI=1S/C20H21N3O2/c1-13(20-22-16-5-3-4-6-17(16)23(20)2)21-19(24)12-14-7-8-15-9-10-25-18(15)11-14/h3-8,11,13H,9-10,12H2,1-2H3,(H,21,24). The van der Waals surface area contributed by atoms with Gasteiger partial charge in [-0.3, -0.25) is 4.79 Å². The molecule has 0 spiro atoms. The molecule has 1 atom stereocenters. The molecule has 1 aliphatic rings. The van der Waals surface area contributed by atoms with Gasteiger partial charge in [-0.05, 0) is 36.2 Å². The molecule has 4 rings (SSSR count). The second kappa shape index (κ2) is 6.24. The molecule has 0 bridgehead atoms. The third-order valence-corrected chi connectivity index (χ3v) is 4.71. The van der Waals surface area contributed by atoms with E-state index in [0.717, 1.165) is 41.2 Å². The van der Waals surface area contributed by atoms with Gasteiger partial charge in [0.2, 0.25) is 5.91 Å². The molecular formula is C20H21N3O2. The summed E-state index contributed by atoms with van der Waals surface area (Å²) in [5.41, 5.74) is 4.19. The zero-order valence-electron chi connectivity index (χ0n) is 14.5. The number of benzene rings is 2. The Balaban J connectivity index is 1.47. The number of fused-ring (bicyclic) bond motifs is 2. The molecule has 2 heterocycles. The lowest BCUT2D eigenvalue weighted by Gasteiger charge is -2.14. The molecule has 1 amide bonds. The molecule has 0 radical (unpaired) electrons. The van der Waals surface area contributed by atoms with Crippen molar-refractivity contribution in [1.82, 2.24) is 14.9 Å². The molecule has 5 nitrogen and oxygen atoms in total. The molecule has 1 N–H and O–H groups in total. The zero-order valence-corrected chi connectivity index (χ0v) is 14.5. The van der Waals surface area contributed by atoms with Gasteiger partial charge in [-0.25, -0.2) is 4.98 Å². The largest absolute Gasteiger partial charge is 0.493 e. The third-order valence-electron chi connectivity index (χ3n) is 4.71. The summed E-state index contributed by atoms with van der Waals surface area (Å²) in [6, 6.07) is 13.9. The van der Waals surface area contributed by atoms with Gasteiger partial charge < -0.3 is 14.6 Å². The first-order chi connectivity index (χ1) is 12.1. The number of rotatable bonds is 4. The van der Waals surface area contributed by atoms with Gasteiger partial charge in [0.05, 0.1) is 30.1 Å². The Morgan fingerprint density at radius 2 is 2.16 bits per heavy atom. The van der Waals surface area contributed by atoms with Crippen LogP contribution in [0.4, 0.5) is 0 Å². The number of hydrogen-bond acceptors (Lipinski definition) is 3. The second-order valence-corrected chi connectivity index (χ2v) is 6.52. The molecule has 2 aromatic carbocycles. The molecular weight excluding hydrogens is 314 g/mol. The van der Waals surface area contributed by atoms with Crippen LogP contribution in [0.25, 0.3) is 11.0 Å². The van der Waals surface area contributed by atoms with Crippen molar-refractivity contribution in [3.63, 3.8) is 0 Å². The summed E-state index contributed by atoms with van der Waals surface area (Å²) < 4.78 is 7.61. The molecule has 0 aliphatic carbocycles. The minimum Gasteiger partial charge on any atom is -0.493 e. The van der Waals surface area contributed by atoms with Gasteiger partial charge in [0, 0.05) is 13.5 Å². The van der Waals surface area contributed by atoms with E-state index in [1.165, 1.54) is 5.56 Å². The first-order valence-corrected chi connectivity index (χ1v) is 8.57. The molecule has 1 unspecified atom stereocenters. The maximum atomic E-state index is 12.4. The molecule has 0 fully saturated rings. The number of hydrogen-bond donors (Lipinski definition) is 1. The molecule has 3 aromatic rings. The van der Waals surface area contributed by atoms with Crippen molar-refractivity contribution >= 4 is 16.9 Å². The van der Waals surface area contributed by atoms with E-state index in [2.05, 4.69) is 16.4 Å². The first-order valence-electron chi connectivity index (χ1n) is 8.57. The third kappa shape index (κ3) is 2.97. The number of aryl methyl sites for hydroxylation is 1. The van der Waals surface area contributed by atoms with Crippen LogP contribution in [0, 0.1) is 0 Å². The summed E-state index contributed by atoms with van der Waals surface area (Å²) in [4.78, 5) is 17.1. The second-order valence-electron chi connectivity index (χ2n) is 6.52. The average Bonchev–Trinajstić information content (AvgIpc) is 3.19. The monoisotopic (exact) mass is 335 g/mol. The fourth-order valence-corrected chi connectivity index (χ4v) is 3.41. The number of para-hydroxylation sites is 2. The number of nitrogens with zero attached hydrogens (tertiary/aromatic N) is 2. The normalized spacial score (nSPS) is 14.2. The van der Waals surface area contributed by atoms with Crippen molar-refractivity contribution in [2.24, 2.45) is 7.05 Å². The number of carbonyl (C=O) groups is 1. The highest BCUT2D eigenvalue weighted by atomic mass is 16.5. The molecule has 1 aliphatic heterocycles. The average molecular weight is 335 g/mol. The summed E-state index contributed by atoms with van der Waals surface area (Å²) in [5, 5.41) is 3.05. The van der Waals surface area contributed by atoms with Crippen LogP contribution in [-0.4, -0.2) is 22.1 Å². The van der Waals surface area contributed by atoms with E-state index in [0.29, 0.717) is 6.42 Å². The summed E-state index contributed by atoms with van der Waals surface area (Å²) >= 11 is 0. The molecule has 25 heavy (non-hydrogen) atoms. The van der Waals surface area contributed by atoms with E-state index in [9.17, 15) is 4.79 Å². The van der Waals surface area contributed by atoms with Crippen LogP contribution < -0.4 is 10.1 Å². The fraction of sp³-hybridized carbons (Fsp3) is 0.300. The minimum atomic E-state index is -0.157. The van der Waals surface area contributed by atoms with E-state index in [1.807, 2.05) is 54.9 Å². The van der Waals surface area contributed by atoms with E-state index < -0.39 is 0 Å². The van der Waals surface area contributed by atoms with Crippen LogP contribution in [0.5, 0.6) is 5.75 Å². The maximum absolute atomic E-state index is 12.4. The van der Waals surface area contributed by atoms with E-state index in [-0.39, 0.29) is 11.9 Å². The maximum Gasteiger partial charge on any atom is 0.224 e. The smallest absolute Gasteiger partial charge is 0.224 e. The van der Waals surface area contributed by atoms with Crippen LogP contribution in [0.2, 0.25) is 0 Å². The Labute approximate surface area is 146 Å². The van der Waals surface area contributed by atoms with Gasteiger partial charge in [-0.15, -0.1) is 0 Å². The van der Waals surface area contributed by atoms with Gasteiger partial charge >= 0.3 is 0 Å². The number of carbonyl (C=O) groups excluding carboxylic acids is 1. The zero-order chi connectivity index (χ0) is 17.4. The predicted octanol–water partition coefficient (Wildman–Crippen LogP) is 2.93. The number of amides is 1. The Kier molecular flexibility index (Phi) is 3.92. The van der Waals surface area contributed by atoms with Crippen molar-refractivity contribution in [2.45, 2.75) is 25.8 Å². The van der Waals surface area contributed by atoms with E-state index in [1.54, 1.807) is 0 Å². The number of ether oxygens (including phenoxy) is 1. The van der Waals surface area contributed by atoms with Crippen molar-refractivity contribution in [2.75, 3.05) is 6.61 Å². The first kappa shape index (κ1) is 15.7. The van der Waals surface area contributed by atoms with Crippen LogP contribution in [0.15, 0.2) is 42.5 Å². The molecule has 5 heteroatoms. The number of aromatic nitrogens is 2. The van der Waals surface area contributed by atoms with Crippen molar-refractivity contribution in [3.8, 4) is 5.75 Å². The highest BCUT2D eigenvalue weighted by molar-refractivity contribution is 5.80. The summed E-state index contributed by atoms with van der Waals surface area (Å²) in [6.07, 6.45) is 1.29. The lowest BCUT2D eigenvalue weighted by Crippen LogP contribution is -2.29. The van der Waals surface area contributed by atoms with Crippen LogP contribution in [-0.2, 0) is 24.7 Å². The van der Waals surface area contributed by atoms with Crippen LogP contribution in [0.1, 0.15) is 29.9 Å². The number of imidazole rings is 1. The van der Waals surface area contributed by atoms with Gasteiger partial charge in [0.15, 0.2) is 0 Å². The lowest BCUT2D eigenvalue weighted by molar-refractivity contribution is -0.121. The Hall–Kier alpha value is -2.82. The van der Waals surface area contributed by atoms with Crippen molar-refractivity contribution in [3.05, 3.63) is 59.4 Å². The highest BCUT2D eigenvalue weighted by Gasteiger charge is 2.18. The molecule has 1 aromatic heterocycles. The molecule has 128 valence electrons. The lowest BCUT2D eigenvalue weighted by atomic mass is 10.1. The number of nitrogens with one attached hydrogen (secondary N) is 1. The van der Waals surface area contributed by atoms with E-state index >= 15 is 0 Å². The van der Waals surface area contributed by atoms with Gasteiger partial charge in [0.25, 0.3) is 0 Å². The predicted molar refractivity (Wildman–Crippen MR) is 96.6 cm³/mol. The Morgan fingerprint density at radius 3 is 3.00 bits per heavy atom. The van der Waals surface area contributed by atoms with Gasteiger partial charge in [-0.1, -0.05) is 24.3 Å². The Bertz CT molecular complexity index is 945. The fourth-order valence-electron chi connectivity index (χ4n) is 3.41. The van der Waals surface area contributed by atoms with E-state index in [4.69, 9.17) is 4.74 Å². The molecule has 0 saturated carbocycles. The summed E-state index contributed by atoms with van der Waals surface area (Å²) in [7, 11) is 1.98. The SMILES string of the molecule is CC(NC(=O)Cc1ccc2c(c1)OCC2)c1nc2ccccc2n1C. The Morgan fingerprint density at radius 1 is 1.32 bits per heavy atom. The molecule has 0 saturated heterocycles. The topological polar surface area (TPSA) is 56.1 Å². The van der Waals surface area contributed by atoms with Crippen LogP contribution >= 0.6 is 0 Å². The van der Waals surface area contributed by atoms with Crippen molar-refractivity contribution in [1.29, 1.82) is 0 Å². The quantitative estimate of drug-likeness (QED) is 0.797.